The molecule has 86 valence electrons. The third-order valence-corrected chi connectivity index (χ3v) is 2.46. The summed E-state index contributed by atoms with van der Waals surface area (Å²) in [7, 11) is 0. The summed E-state index contributed by atoms with van der Waals surface area (Å²) >= 11 is 0. The third kappa shape index (κ3) is 8.52. The molecule has 0 amide bonds. The van der Waals surface area contributed by atoms with E-state index >= 15 is 0 Å². The highest BCUT2D eigenvalue weighted by Crippen LogP contribution is 2.04. The van der Waals surface area contributed by atoms with Gasteiger partial charge in [-0.15, -0.1) is 0 Å². The first-order valence-electron chi connectivity index (χ1n) is 5.99. The molecule has 0 aliphatic heterocycles. The summed E-state index contributed by atoms with van der Waals surface area (Å²) in [6, 6.07) is 0. The van der Waals surface area contributed by atoms with Gasteiger partial charge in [0.15, 0.2) is 0 Å². The SMILES string of the molecule is CCC(CC)CNCCOCC(C)C. The van der Waals surface area contributed by atoms with Crippen LogP contribution in [0.1, 0.15) is 40.5 Å². The molecule has 0 aromatic heterocycles. The Morgan fingerprint density at radius 3 is 2.29 bits per heavy atom. The van der Waals surface area contributed by atoms with Gasteiger partial charge in [-0.05, 0) is 18.4 Å². The van der Waals surface area contributed by atoms with Crippen molar-refractivity contribution >= 4 is 0 Å². The molecule has 0 atom stereocenters. The summed E-state index contributed by atoms with van der Waals surface area (Å²) in [5.74, 6) is 1.48. The molecular formula is C12H27NO. The molecule has 0 aromatic carbocycles. The monoisotopic (exact) mass is 201 g/mol. The second-order valence-corrected chi connectivity index (χ2v) is 4.36. The standard InChI is InChI=1S/C12H27NO/c1-5-12(6-2)9-13-7-8-14-10-11(3)4/h11-13H,5-10H2,1-4H3. The molecule has 0 aliphatic carbocycles. The summed E-state index contributed by atoms with van der Waals surface area (Å²) in [6.45, 7) is 12.7. The minimum atomic E-state index is 0.647. The van der Waals surface area contributed by atoms with Gasteiger partial charge in [0.25, 0.3) is 0 Å². The van der Waals surface area contributed by atoms with Crippen molar-refractivity contribution in [3.8, 4) is 0 Å². The first-order valence-corrected chi connectivity index (χ1v) is 5.99. The predicted octanol–water partition coefficient (Wildman–Crippen LogP) is 2.68. The Bertz CT molecular complexity index is 111. The largest absolute Gasteiger partial charge is 0.380 e. The molecule has 0 fully saturated rings. The lowest BCUT2D eigenvalue weighted by atomic mass is 10.0. The van der Waals surface area contributed by atoms with Crippen LogP contribution in [0.25, 0.3) is 0 Å². The van der Waals surface area contributed by atoms with Crippen LogP contribution < -0.4 is 5.32 Å². The average molecular weight is 201 g/mol. The van der Waals surface area contributed by atoms with Crippen LogP contribution in [-0.2, 0) is 4.74 Å². The highest BCUT2D eigenvalue weighted by Gasteiger charge is 2.01. The molecular weight excluding hydrogens is 174 g/mol. The van der Waals surface area contributed by atoms with Gasteiger partial charge in [-0.2, -0.15) is 0 Å². The van der Waals surface area contributed by atoms with Crippen molar-refractivity contribution in [1.82, 2.24) is 5.32 Å². The fourth-order valence-electron chi connectivity index (χ4n) is 1.35. The Labute approximate surface area is 89.4 Å². The molecule has 1 N–H and O–H groups in total. The first kappa shape index (κ1) is 13.9. The molecule has 0 rings (SSSR count). The first-order chi connectivity index (χ1) is 6.70. The molecule has 0 saturated carbocycles. The number of hydrogen-bond donors (Lipinski definition) is 1. The van der Waals surface area contributed by atoms with Crippen molar-refractivity contribution in [2.45, 2.75) is 40.5 Å². The minimum Gasteiger partial charge on any atom is -0.380 e. The quantitative estimate of drug-likeness (QED) is 0.579. The third-order valence-electron chi connectivity index (χ3n) is 2.46. The van der Waals surface area contributed by atoms with Crippen molar-refractivity contribution in [3.05, 3.63) is 0 Å². The molecule has 0 radical (unpaired) electrons. The zero-order valence-corrected chi connectivity index (χ0v) is 10.3. The molecule has 14 heavy (non-hydrogen) atoms. The van der Waals surface area contributed by atoms with Gasteiger partial charge < -0.3 is 10.1 Å². The van der Waals surface area contributed by atoms with Crippen LogP contribution in [0.4, 0.5) is 0 Å². The molecule has 2 heteroatoms. The highest BCUT2D eigenvalue weighted by molar-refractivity contribution is 4.58. The lowest BCUT2D eigenvalue weighted by Gasteiger charge is -2.13. The minimum absolute atomic E-state index is 0.647. The van der Waals surface area contributed by atoms with Gasteiger partial charge >= 0.3 is 0 Å². The van der Waals surface area contributed by atoms with Crippen LogP contribution in [0.15, 0.2) is 0 Å². The Balaban J connectivity index is 3.12. The number of nitrogens with one attached hydrogen (secondary N) is 1. The lowest BCUT2D eigenvalue weighted by Crippen LogP contribution is -2.26. The second-order valence-electron chi connectivity index (χ2n) is 4.36. The molecule has 2 nitrogen and oxygen atoms in total. The van der Waals surface area contributed by atoms with Crippen molar-refractivity contribution in [1.29, 1.82) is 0 Å². The summed E-state index contributed by atoms with van der Waals surface area (Å²) in [6.07, 6.45) is 2.55. The zero-order chi connectivity index (χ0) is 10.8. The molecule has 0 spiro atoms. The van der Waals surface area contributed by atoms with E-state index in [1.807, 2.05) is 0 Å². The van der Waals surface area contributed by atoms with E-state index in [2.05, 4.69) is 33.0 Å². The van der Waals surface area contributed by atoms with Gasteiger partial charge in [0.1, 0.15) is 0 Å². The highest BCUT2D eigenvalue weighted by atomic mass is 16.5. The van der Waals surface area contributed by atoms with Gasteiger partial charge in [-0.25, -0.2) is 0 Å². The zero-order valence-electron chi connectivity index (χ0n) is 10.3. The van der Waals surface area contributed by atoms with E-state index in [9.17, 15) is 0 Å². The summed E-state index contributed by atoms with van der Waals surface area (Å²) in [5.41, 5.74) is 0. The number of rotatable bonds is 9. The van der Waals surface area contributed by atoms with Crippen molar-refractivity contribution in [3.63, 3.8) is 0 Å². The van der Waals surface area contributed by atoms with Gasteiger partial charge in [0.05, 0.1) is 6.61 Å². The van der Waals surface area contributed by atoms with Crippen molar-refractivity contribution < 1.29 is 4.74 Å². The Morgan fingerprint density at radius 1 is 1.14 bits per heavy atom. The topological polar surface area (TPSA) is 21.3 Å². The fraction of sp³-hybridized carbons (Fsp3) is 1.00. The van der Waals surface area contributed by atoms with Crippen LogP contribution in [0.2, 0.25) is 0 Å². The fourth-order valence-corrected chi connectivity index (χ4v) is 1.35. The van der Waals surface area contributed by atoms with E-state index in [4.69, 9.17) is 4.74 Å². The van der Waals surface area contributed by atoms with Gasteiger partial charge in [-0.3, -0.25) is 0 Å². The maximum Gasteiger partial charge on any atom is 0.0591 e. The molecule has 0 saturated heterocycles. The van der Waals surface area contributed by atoms with E-state index in [-0.39, 0.29) is 0 Å². The summed E-state index contributed by atoms with van der Waals surface area (Å²) < 4.78 is 5.48. The van der Waals surface area contributed by atoms with Crippen LogP contribution in [0.3, 0.4) is 0 Å². The average Bonchev–Trinajstić information content (AvgIpc) is 2.16. The van der Waals surface area contributed by atoms with E-state index in [0.29, 0.717) is 5.92 Å². The maximum atomic E-state index is 5.48. The Hall–Kier alpha value is -0.0800. The number of hydrogen-bond acceptors (Lipinski definition) is 2. The van der Waals surface area contributed by atoms with Crippen LogP contribution in [0, 0.1) is 11.8 Å². The molecule has 0 aromatic rings. The summed E-state index contributed by atoms with van der Waals surface area (Å²) in [5, 5.41) is 3.44. The van der Waals surface area contributed by atoms with E-state index in [0.717, 1.165) is 32.2 Å². The van der Waals surface area contributed by atoms with E-state index in [1.54, 1.807) is 0 Å². The smallest absolute Gasteiger partial charge is 0.0591 e. The predicted molar refractivity (Wildman–Crippen MR) is 62.6 cm³/mol. The normalized spacial score (nSPS) is 11.6. The molecule has 0 bridgehead atoms. The second kappa shape index (κ2) is 9.47. The Kier molecular flexibility index (Phi) is 9.42. The van der Waals surface area contributed by atoms with Gasteiger partial charge in [0.2, 0.25) is 0 Å². The van der Waals surface area contributed by atoms with Crippen LogP contribution in [0.5, 0.6) is 0 Å². The van der Waals surface area contributed by atoms with E-state index in [1.165, 1.54) is 12.8 Å². The van der Waals surface area contributed by atoms with Crippen LogP contribution >= 0.6 is 0 Å². The van der Waals surface area contributed by atoms with Gasteiger partial charge in [-0.1, -0.05) is 40.5 Å². The van der Waals surface area contributed by atoms with Crippen molar-refractivity contribution in [2.24, 2.45) is 11.8 Å². The Morgan fingerprint density at radius 2 is 1.79 bits per heavy atom. The molecule has 0 aliphatic rings. The summed E-state index contributed by atoms with van der Waals surface area (Å²) in [4.78, 5) is 0. The van der Waals surface area contributed by atoms with Crippen LogP contribution in [-0.4, -0.2) is 26.3 Å². The lowest BCUT2D eigenvalue weighted by molar-refractivity contribution is 0.111. The van der Waals surface area contributed by atoms with Gasteiger partial charge in [0, 0.05) is 13.2 Å². The maximum absolute atomic E-state index is 5.48. The van der Waals surface area contributed by atoms with Crippen molar-refractivity contribution in [2.75, 3.05) is 26.3 Å². The van der Waals surface area contributed by atoms with E-state index < -0.39 is 0 Å². The molecule has 0 heterocycles. The molecule has 0 unspecified atom stereocenters. The number of ether oxygens (including phenoxy) is 1.